The lowest BCUT2D eigenvalue weighted by Gasteiger charge is -2.08. The highest BCUT2D eigenvalue weighted by Crippen LogP contribution is 2.17. The predicted molar refractivity (Wildman–Crippen MR) is 57.5 cm³/mol. The van der Waals surface area contributed by atoms with Crippen molar-refractivity contribution in [3.63, 3.8) is 0 Å². The minimum absolute atomic E-state index is 0.566. The van der Waals surface area contributed by atoms with Gasteiger partial charge in [-0.05, 0) is 13.0 Å². The molecular formula is C12H16O2. The Morgan fingerprint density at radius 2 is 2.07 bits per heavy atom. The molecular weight excluding hydrogens is 176 g/mol. The molecule has 0 heterocycles. The van der Waals surface area contributed by atoms with Crippen molar-refractivity contribution in [1.82, 2.24) is 0 Å². The Hall–Kier alpha value is -1.28. The van der Waals surface area contributed by atoms with E-state index in [0.29, 0.717) is 13.2 Å². The molecule has 1 aromatic carbocycles. The summed E-state index contributed by atoms with van der Waals surface area (Å²) in [5, 5.41) is 0. The molecule has 0 amide bonds. The topological polar surface area (TPSA) is 18.5 Å². The summed E-state index contributed by atoms with van der Waals surface area (Å²) in [7, 11) is 1.66. The van der Waals surface area contributed by atoms with Gasteiger partial charge in [-0.2, -0.15) is 0 Å². The lowest BCUT2D eigenvalue weighted by atomic mass is 10.2. The summed E-state index contributed by atoms with van der Waals surface area (Å²) >= 11 is 0. The van der Waals surface area contributed by atoms with Gasteiger partial charge in [-0.25, -0.2) is 0 Å². The van der Waals surface area contributed by atoms with Crippen LogP contribution in [0.2, 0.25) is 0 Å². The monoisotopic (exact) mass is 192 g/mol. The van der Waals surface area contributed by atoms with Crippen molar-refractivity contribution < 1.29 is 9.47 Å². The fourth-order valence-electron chi connectivity index (χ4n) is 1.16. The Balaban J connectivity index is 2.53. The number of rotatable bonds is 5. The first-order valence-electron chi connectivity index (χ1n) is 4.58. The molecule has 0 aliphatic heterocycles. The maximum Gasteiger partial charge on any atom is 0.124 e. The Morgan fingerprint density at radius 3 is 2.71 bits per heavy atom. The van der Waals surface area contributed by atoms with E-state index in [4.69, 9.17) is 9.47 Å². The molecule has 0 bridgehead atoms. The van der Waals surface area contributed by atoms with E-state index in [2.05, 4.69) is 6.58 Å². The zero-order valence-corrected chi connectivity index (χ0v) is 8.75. The van der Waals surface area contributed by atoms with Crippen LogP contribution < -0.4 is 4.74 Å². The zero-order valence-electron chi connectivity index (χ0n) is 8.75. The molecule has 0 saturated carbocycles. The summed E-state index contributed by atoms with van der Waals surface area (Å²) in [6.45, 7) is 6.88. The highest BCUT2D eigenvalue weighted by molar-refractivity contribution is 5.32. The predicted octanol–water partition coefficient (Wildman–Crippen LogP) is 2.79. The molecule has 0 atom stereocenters. The van der Waals surface area contributed by atoms with Crippen molar-refractivity contribution in [2.75, 3.05) is 13.7 Å². The lowest BCUT2D eigenvalue weighted by Crippen LogP contribution is -1.98. The van der Waals surface area contributed by atoms with Crippen molar-refractivity contribution in [3.05, 3.63) is 42.0 Å². The minimum Gasteiger partial charge on any atom is -0.496 e. The van der Waals surface area contributed by atoms with Gasteiger partial charge in [0.25, 0.3) is 0 Å². The Kier molecular flexibility index (Phi) is 4.20. The van der Waals surface area contributed by atoms with Crippen LogP contribution in [0.15, 0.2) is 36.4 Å². The molecule has 0 saturated heterocycles. The van der Waals surface area contributed by atoms with Gasteiger partial charge in [0.1, 0.15) is 5.75 Å². The number of hydrogen-bond acceptors (Lipinski definition) is 2. The van der Waals surface area contributed by atoms with Crippen LogP contribution in [0.25, 0.3) is 0 Å². The van der Waals surface area contributed by atoms with Crippen molar-refractivity contribution in [2.45, 2.75) is 13.5 Å². The fourth-order valence-corrected chi connectivity index (χ4v) is 1.16. The van der Waals surface area contributed by atoms with Gasteiger partial charge in [-0.1, -0.05) is 30.4 Å². The summed E-state index contributed by atoms with van der Waals surface area (Å²) in [5.41, 5.74) is 2.09. The van der Waals surface area contributed by atoms with Gasteiger partial charge in [0.05, 0.1) is 20.3 Å². The second kappa shape index (κ2) is 5.45. The zero-order chi connectivity index (χ0) is 10.4. The first-order valence-corrected chi connectivity index (χ1v) is 4.58. The first-order chi connectivity index (χ1) is 6.74. The molecule has 2 heteroatoms. The summed E-state index contributed by atoms with van der Waals surface area (Å²) in [6.07, 6.45) is 0. The molecule has 76 valence electrons. The largest absolute Gasteiger partial charge is 0.496 e. The summed E-state index contributed by atoms with van der Waals surface area (Å²) in [5.74, 6) is 0.870. The smallest absolute Gasteiger partial charge is 0.124 e. The van der Waals surface area contributed by atoms with E-state index in [1.54, 1.807) is 7.11 Å². The maximum atomic E-state index is 5.44. The molecule has 0 spiro atoms. The average Bonchev–Trinajstić information content (AvgIpc) is 2.18. The average molecular weight is 192 g/mol. The van der Waals surface area contributed by atoms with Gasteiger partial charge in [0, 0.05) is 5.56 Å². The Labute approximate surface area is 85.2 Å². The second-order valence-electron chi connectivity index (χ2n) is 3.26. The third-order valence-corrected chi connectivity index (χ3v) is 1.80. The second-order valence-corrected chi connectivity index (χ2v) is 3.26. The molecule has 0 fully saturated rings. The van der Waals surface area contributed by atoms with Crippen molar-refractivity contribution in [2.24, 2.45) is 0 Å². The highest BCUT2D eigenvalue weighted by Gasteiger charge is 2.00. The highest BCUT2D eigenvalue weighted by atomic mass is 16.5. The maximum absolute atomic E-state index is 5.44. The van der Waals surface area contributed by atoms with Crippen LogP contribution in [0.3, 0.4) is 0 Å². The normalized spacial score (nSPS) is 9.86. The first kappa shape index (κ1) is 10.8. The van der Waals surface area contributed by atoms with Gasteiger partial charge in [0.2, 0.25) is 0 Å². The van der Waals surface area contributed by atoms with Crippen LogP contribution in [-0.4, -0.2) is 13.7 Å². The van der Waals surface area contributed by atoms with Gasteiger partial charge >= 0.3 is 0 Å². The molecule has 0 aliphatic carbocycles. The van der Waals surface area contributed by atoms with Gasteiger partial charge in [-0.3, -0.25) is 0 Å². The van der Waals surface area contributed by atoms with E-state index >= 15 is 0 Å². The van der Waals surface area contributed by atoms with Crippen LogP contribution >= 0.6 is 0 Å². The van der Waals surface area contributed by atoms with E-state index in [0.717, 1.165) is 16.9 Å². The molecule has 1 rings (SSSR count). The van der Waals surface area contributed by atoms with E-state index in [1.165, 1.54) is 0 Å². The molecule has 2 nitrogen and oxygen atoms in total. The minimum atomic E-state index is 0.566. The van der Waals surface area contributed by atoms with Crippen LogP contribution in [0, 0.1) is 0 Å². The van der Waals surface area contributed by atoms with E-state index in [-0.39, 0.29) is 0 Å². The van der Waals surface area contributed by atoms with Gasteiger partial charge in [0.15, 0.2) is 0 Å². The molecule has 0 unspecified atom stereocenters. The number of benzene rings is 1. The fraction of sp³-hybridized carbons (Fsp3) is 0.333. The quantitative estimate of drug-likeness (QED) is 0.668. The van der Waals surface area contributed by atoms with Gasteiger partial charge in [-0.15, -0.1) is 0 Å². The molecule has 0 radical (unpaired) electrons. The third-order valence-electron chi connectivity index (χ3n) is 1.80. The van der Waals surface area contributed by atoms with Crippen molar-refractivity contribution >= 4 is 0 Å². The van der Waals surface area contributed by atoms with Crippen LogP contribution in [0.5, 0.6) is 5.75 Å². The number of methoxy groups -OCH3 is 1. The number of para-hydroxylation sites is 1. The SMILES string of the molecule is C=C(C)COCc1ccccc1OC. The van der Waals surface area contributed by atoms with E-state index < -0.39 is 0 Å². The molecule has 0 aliphatic rings. The van der Waals surface area contributed by atoms with E-state index in [1.807, 2.05) is 31.2 Å². The molecule has 0 aromatic heterocycles. The van der Waals surface area contributed by atoms with Gasteiger partial charge < -0.3 is 9.47 Å². The summed E-state index contributed by atoms with van der Waals surface area (Å²) < 4.78 is 10.6. The van der Waals surface area contributed by atoms with Crippen LogP contribution in [0.4, 0.5) is 0 Å². The Bertz CT molecular complexity index is 305. The lowest BCUT2D eigenvalue weighted by molar-refractivity contribution is 0.140. The summed E-state index contributed by atoms with van der Waals surface area (Å²) in [6, 6.07) is 7.85. The van der Waals surface area contributed by atoms with Crippen molar-refractivity contribution in [1.29, 1.82) is 0 Å². The van der Waals surface area contributed by atoms with E-state index in [9.17, 15) is 0 Å². The number of ether oxygens (including phenoxy) is 2. The standard InChI is InChI=1S/C12H16O2/c1-10(2)8-14-9-11-6-4-5-7-12(11)13-3/h4-7H,1,8-9H2,2-3H3. The Morgan fingerprint density at radius 1 is 1.36 bits per heavy atom. The summed E-state index contributed by atoms with van der Waals surface area (Å²) in [4.78, 5) is 0. The van der Waals surface area contributed by atoms with Crippen molar-refractivity contribution in [3.8, 4) is 5.75 Å². The van der Waals surface area contributed by atoms with Crippen LogP contribution in [0.1, 0.15) is 12.5 Å². The van der Waals surface area contributed by atoms with Crippen LogP contribution in [-0.2, 0) is 11.3 Å². The molecule has 1 aromatic rings. The molecule has 14 heavy (non-hydrogen) atoms. The third kappa shape index (κ3) is 3.23. The number of hydrogen-bond donors (Lipinski definition) is 0. The molecule has 0 N–H and O–H groups in total.